The van der Waals surface area contributed by atoms with Crippen LogP contribution in [0.25, 0.3) is 0 Å². The number of nitrogens with zero attached hydrogens (tertiary/aromatic N) is 3. The van der Waals surface area contributed by atoms with Gasteiger partial charge in [0.2, 0.25) is 5.88 Å². The summed E-state index contributed by atoms with van der Waals surface area (Å²) in [6.45, 7) is 11.5. The molecule has 0 unspecified atom stereocenters. The third-order valence-corrected chi connectivity index (χ3v) is 3.28. The van der Waals surface area contributed by atoms with E-state index in [0.29, 0.717) is 0 Å². The number of aromatic nitrogens is 2. The minimum absolute atomic E-state index is 0.810. The van der Waals surface area contributed by atoms with E-state index in [1.165, 1.54) is 0 Å². The lowest BCUT2D eigenvalue weighted by Crippen LogP contribution is -2.31. The van der Waals surface area contributed by atoms with Gasteiger partial charge in [-0.3, -0.25) is 0 Å². The fourth-order valence-electron chi connectivity index (χ4n) is 2.13. The van der Waals surface area contributed by atoms with Crippen LogP contribution in [0.5, 0.6) is 5.88 Å². The summed E-state index contributed by atoms with van der Waals surface area (Å²) in [6.07, 6.45) is 0. The van der Waals surface area contributed by atoms with Crippen LogP contribution in [-0.4, -0.2) is 48.0 Å². The number of hydrogen-bond donors (Lipinski definition) is 1. The minimum Gasteiger partial charge on any atom is -0.481 e. The molecule has 0 radical (unpaired) electrons. The lowest BCUT2D eigenvalue weighted by Gasteiger charge is -2.18. The van der Waals surface area contributed by atoms with E-state index in [2.05, 4.69) is 29.2 Å². The van der Waals surface area contributed by atoms with Crippen molar-refractivity contribution >= 4 is 0 Å². The Bertz CT molecular complexity index is 358. The second-order valence-corrected chi connectivity index (χ2v) is 4.40. The summed E-state index contributed by atoms with van der Waals surface area (Å²) in [7, 11) is 3.60. The van der Waals surface area contributed by atoms with Crippen LogP contribution in [0.15, 0.2) is 0 Å². The molecule has 0 fully saturated rings. The molecule has 0 amide bonds. The van der Waals surface area contributed by atoms with E-state index in [4.69, 9.17) is 4.74 Å². The highest BCUT2D eigenvalue weighted by Crippen LogP contribution is 2.20. The molecule has 0 atom stereocenters. The molecular formula is C13H26N4O. The van der Waals surface area contributed by atoms with Gasteiger partial charge in [0.25, 0.3) is 0 Å². The standard InChI is InChI=1S/C13H26N4O/c1-6-17(7-2)9-8-14-10-12-11(3)15-16(4)13(12)18-5/h14H,6-10H2,1-5H3. The van der Waals surface area contributed by atoms with Crippen molar-refractivity contribution < 1.29 is 4.74 Å². The molecule has 1 rings (SSSR count). The zero-order chi connectivity index (χ0) is 13.5. The SMILES string of the molecule is CCN(CC)CCNCc1c(C)nn(C)c1OC. The van der Waals surface area contributed by atoms with E-state index >= 15 is 0 Å². The molecule has 0 saturated heterocycles. The normalized spacial score (nSPS) is 11.2. The van der Waals surface area contributed by atoms with Crippen molar-refractivity contribution in [3.05, 3.63) is 11.3 Å². The fraction of sp³-hybridized carbons (Fsp3) is 0.769. The first kappa shape index (κ1) is 15.0. The number of methoxy groups -OCH3 is 1. The third-order valence-electron chi connectivity index (χ3n) is 3.28. The zero-order valence-corrected chi connectivity index (χ0v) is 12.3. The number of rotatable bonds is 8. The Morgan fingerprint density at radius 1 is 1.33 bits per heavy atom. The summed E-state index contributed by atoms with van der Waals surface area (Å²) >= 11 is 0. The van der Waals surface area contributed by atoms with E-state index in [-0.39, 0.29) is 0 Å². The largest absolute Gasteiger partial charge is 0.481 e. The van der Waals surface area contributed by atoms with Gasteiger partial charge in [-0.1, -0.05) is 13.8 Å². The lowest BCUT2D eigenvalue weighted by molar-refractivity contribution is 0.301. The van der Waals surface area contributed by atoms with Gasteiger partial charge in [0.1, 0.15) is 0 Å². The molecular weight excluding hydrogens is 228 g/mol. The average Bonchev–Trinajstić information content (AvgIpc) is 2.63. The molecule has 5 heteroatoms. The van der Waals surface area contributed by atoms with Gasteiger partial charge in [0.15, 0.2) is 0 Å². The molecule has 18 heavy (non-hydrogen) atoms. The van der Waals surface area contributed by atoms with Crippen LogP contribution in [-0.2, 0) is 13.6 Å². The number of hydrogen-bond acceptors (Lipinski definition) is 4. The summed E-state index contributed by atoms with van der Waals surface area (Å²) in [5, 5.41) is 7.82. The predicted molar refractivity (Wildman–Crippen MR) is 74.0 cm³/mol. The first-order valence-electron chi connectivity index (χ1n) is 6.63. The van der Waals surface area contributed by atoms with Crippen LogP contribution >= 0.6 is 0 Å². The fourth-order valence-corrected chi connectivity index (χ4v) is 2.13. The van der Waals surface area contributed by atoms with Crippen molar-refractivity contribution in [2.24, 2.45) is 7.05 Å². The van der Waals surface area contributed by atoms with Crippen LogP contribution in [0, 0.1) is 6.92 Å². The maximum absolute atomic E-state index is 5.37. The van der Waals surface area contributed by atoms with Gasteiger partial charge in [-0.15, -0.1) is 0 Å². The summed E-state index contributed by atoms with van der Waals surface area (Å²) in [5.41, 5.74) is 2.18. The number of ether oxygens (including phenoxy) is 1. The van der Waals surface area contributed by atoms with Crippen LogP contribution in [0.3, 0.4) is 0 Å². The smallest absolute Gasteiger partial charge is 0.216 e. The zero-order valence-electron chi connectivity index (χ0n) is 12.3. The van der Waals surface area contributed by atoms with Gasteiger partial charge >= 0.3 is 0 Å². The molecule has 104 valence electrons. The van der Waals surface area contributed by atoms with Crippen molar-refractivity contribution in [1.29, 1.82) is 0 Å². The van der Waals surface area contributed by atoms with Gasteiger partial charge < -0.3 is 15.0 Å². The van der Waals surface area contributed by atoms with Crippen LogP contribution in [0.2, 0.25) is 0 Å². The Morgan fingerprint density at radius 2 is 2.00 bits per heavy atom. The molecule has 1 N–H and O–H groups in total. The highest BCUT2D eigenvalue weighted by Gasteiger charge is 2.12. The molecule has 1 aromatic heterocycles. The summed E-state index contributed by atoms with van der Waals surface area (Å²) in [6, 6.07) is 0. The minimum atomic E-state index is 0.810. The third kappa shape index (κ3) is 3.71. The van der Waals surface area contributed by atoms with Crippen LogP contribution in [0.1, 0.15) is 25.1 Å². The highest BCUT2D eigenvalue weighted by atomic mass is 16.5. The van der Waals surface area contributed by atoms with Gasteiger partial charge in [0, 0.05) is 26.7 Å². The van der Waals surface area contributed by atoms with Gasteiger partial charge in [-0.2, -0.15) is 5.10 Å². The molecule has 0 aliphatic heterocycles. The number of likely N-dealkylation sites (N-methyl/N-ethyl adjacent to an activating group) is 1. The molecule has 1 aromatic rings. The molecule has 0 aromatic carbocycles. The highest BCUT2D eigenvalue weighted by molar-refractivity contribution is 5.30. The Labute approximate surface area is 110 Å². The summed E-state index contributed by atoms with van der Waals surface area (Å²) in [4.78, 5) is 2.40. The van der Waals surface area contributed by atoms with E-state index in [1.807, 2.05) is 14.0 Å². The van der Waals surface area contributed by atoms with Gasteiger partial charge in [-0.05, 0) is 20.0 Å². The second kappa shape index (κ2) is 7.38. The summed E-state index contributed by atoms with van der Waals surface area (Å²) in [5.74, 6) is 0.850. The first-order chi connectivity index (χ1) is 8.63. The number of aryl methyl sites for hydroxylation is 2. The van der Waals surface area contributed by atoms with Gasteiger partial charge in [0.05, 0.1) is 18.4 Å². The first-order valence-corrected chi connectivity index (χ1v) is 6.63. The maximum atomic E-state index is 5.37. The summed E-state index contributed by atoms with van der Waals surface area (Å²) < 4.78 is 7.16. The Hall–Kier alpha value is -1.07. The molecule has 0 bridgehead atoms. The van der Waals surface area contributed by atoms with Crippen LogP contribution < -0.4 is 10.1 Å². The van der Waals surface area contributed by atoms with Crippen LogP contribution in [0.4, 0.5) is 0 Å². The topological polar surface area (TPSA) is 42.3 Å². The Balaban J connectivity index is 2.44. The Kier molecular flexibility index (Phi) is 6.15. The molecule has 1 heterocycles. The quantitative estimate of drug-likeness (QED) is 0.707. The number of nitrogens with one attached hydrogen (secondary N) is 1. The Morgan fingerprint density at radius 3 is 2.56 bits per heavy atom. The molecule has 0 aliphatic carbocycles. The second-order valence-electron chi connectivity index (χ2n) is 4.40. The monoisotopic (exact) mass is 254 g/mol. The van der Waals surface area contributed by atoms with Crippen molar-refractivity contribution in [2.75, 3.05) is 33.3 Å². The molecule has 0 aliphatic rings. The average molecular weight is 254 g/mol. The van der Waals surface area contributed by atoms with Crippen molar-refractivity contribution in [2.45, 2.75) is 27.3 Å². The van der Waals surface area contributed by atoms with E-state index in [9.17, 15) is 0 Å². The van der Waals surface area contributed by atoms with Gasteiger partial charge in [-0.25, -0.2) is 4.68 Å². The molecule has 0 saturated carbocycles. The van der Waals surface area contributed by atoms with E-state index in [0.717, 1.165) is 49.9 Å². The maximum Gasteiger partial charge on any atom is 0.216 e. The molecule has 0 spiro atoms. The van der Waals surface area contributed by atoms with E-state index in [1.54, 1.807) is 11.8 Å². The van der Waals surface area contributed by atoms with Crippen molar-refractivity contribution in [1.82, 2.24) is 20.0 Å². The predicted octanol–water partition coefficient (Wildman–Crippen LogP) is 1.17. The van der Waals surface area contributed by atoms with E-state index < -0.39 is 0 Å². The van der Waals surface area contributed by atoms with Crippen molar-refractivity contribution in [3.63, 3.8) is 0 Å². The lowest BCUT2D eigenvalue weighted by atomic mass is 10.2. The van der Waals surface area contributed by atoms with Crippen molar-refractivity contribution in [3.8, 4) is 5.88 Å². The molecule has 5 nitrogen and oxygen atoms in total.